The molecule has 3 aliphatic heterocycles. The van der Waals surface area contributed by atoms with Crippen molar-refractivity contribution in [2.75, 3.05) is 55.7 Å². The number of rotatable bonds is 3. The number of carbonyl (C=O) groups excluding carboxylic acids is 1. The summed E-state index contributed by atoms with van der Waals surface area (Å²) in [6.45, 7) is 5.89. The van der Waals surface area contributed by atoms with E-state index in [9.17, 15) is 9.18 Å². The molecule has 1 amide bonds. The van der Waals surface area contributed by atoms with E-state index in [4.69, 9.17) is 14.7 Å². The predicted molar refractivity (Wildman–Crippen MR) is 111 cm³/mol. The number of halogens is 1. The lowest BCUT2D eigenvalue weighted by Crippen LogP contribution is -2.41. The Morgan fingerprint density at radius 1 is 1.00 bits per heavy atom. The second-order valence-corrected chi connectivity index (χ2v) is 8.05. The zero-order valence-corrected chi connectivity index (χ0v) is 17.0. The maximum atomic E-state index is 13.6. The van der Waals surface area contributed by atoms with Crippen molar-refractivity contribution in [2.24, 2.45) is 0 Å². The number of nitrogens with zero attached hydrogens (tertiary/aromatic N) is 5. The van der Waals surface area contributed by atoms with Crippen LogP contribution in [0.3, 0.4) is 0 Å². The summed E-state index contributed by atoms with van der Waals surface area (Å²) in [6.07, 6.45) is 3.02. The van der Waals surface area contributed by atoms with Crippen molar-refractivity contribution in [2.45, 2.75) is 25.8 Å². The molecule has 0 atom stereocenters. The molecular weight excluding hydrogens is 385 g/mol. The molecule has 5 rings (SSSR count). The molecule has 2 fully saturated rings. The number of carbonyl (C=O) groups is 1. The molecular formula is C22H26FN5O2. The number of anilines is 2. The summed E-state index contributed by atoms with van der Waals surface area (Å²) < 4.78 is 19.1. The second-order valence-electron chi connectivity index (χ2n) is 8.05. The molecule has 1 aromatic heterocycles. The normalized spacial score (nSPS) is 19.2. The van der Waals surface area contributed by atoms with E-state index >= 15 is 0 Å². The average molecular weight is 411 g/mol. The van der Waals surface area contributed by atoms with Gasteiger partial charge in [0.15, 0.2) is 0 Å². The highest BCUT2D eigenvalue weighted by atomic mass is 19.1. The zero-order chi connectivity index (χ0) is 20.5. The van der Waals surface area contributed by atoms with Crippen LogP contribution in [-0.2, 0) is 17.7 Å². The lowest BCUT2D eigenvalue weighted by atomic mass is 10.0. The van der Waals surface area contributed by atoms with E-state index in [1.165, 1.54) is 25.0 Å². The highest BCUT2D eigenvalue weighted by Gasteiger charge is 2.30. The van der Waals surface area contributed by atoms with Crippen molar-refractivity contribution in [3.05, 3.63) is 46.9 Å². The Morgan fingerprint density at radius 3 is 2.57 bits per heavy atom. The van der Waals surface area contributed by atoms with Crippen LogP contribution in [0.2, 0.25) is 0 Å². The van der Waals surface area contributed by atoms with Gasteiger partial charge in [-0.1, -0.05) is 6.07 Å². The molecule has 0 saturated carbocycles. The number of amides is 1. The predicted octanol–water partition coefficient (Wildman–Crippen LogP) is 2.25. The molecule has 0 radical (unpaired) electrons. The minimum Gasteiger partial charge on any atom is -0.378 e. The molecule has 0 N–H and O–H groups in total. The maximum Gasteiger partial charge on any atom is 0.254 e. The molecule has 1 aromatic carbocycles. The summed E-state index contributed by atoms with van der Waals surface area (Å²) >= 11 is 0. The van der Waals surface area contributed by atoms with Gasteiger partial charge in [0.25, 0.3) is 5.91 Å². The van der Waals surface area contributed by atoms with E-state index in [2.05, 4.69) is 9.80 Å². The number of morpholine rings is 1. The summed E-state index contributed by atoms with van der Waals surface area (Å²) in [5, 5.41) is 0. The van der Waals surface area contributed by atoms with Crippen LogP contribution in [-0.4, -0.2) is 66.7 Å². The van der Waals surface area contributed by atoms with Gasteiger partial charge in [-0.05, 0) is 31.0 Å². The third-order valence-electron chi connectivity index (χ3n) is 6.08. The van der Waals surface area contributed by atoms with Crippen LogP contribution in [0.1, 0.15) is 34.5 Å². The summed E-state index contributed by atoms with van der Waals surface area (Å²) in [4.78, 5) is 29.1. The molecule has 158 valence electrons. The fourth-order valence-electron chi connectivity index (χ4n) is 4.46. The van der Waals surface area contributed by atoms with Crippen LogP contribution in [0.15, 0.2) is 24.3 Å². The molecule has 2 saturated heterocycles. The largest absolute Gasteiger partial charge is 0.378 e. The van der Waals surface area contributed by atoms with Crippen LogP contribution < -0.4 is 9.80 Å². The van der Waals surface area contributed by atoms with Crippen molar-refractivity contribution in [3.63, 3.8) is 0 Å². The molecule has 0 unspecified atom stereocenters. The smallest absolute Gasteiger partial charge is 0.254 e. The lowest BCUT2D eigenvalue weighted by molar-refractivity contribution is 0.0732. The summed E-state index contributed by atoms with van der Waals surface area (Å²) in [5.74, 6) is 1.17. The first kappa shape index (κ1) is 19.2. The third kappa shape index (κ3) is 3.71. The number of hydrogen-bond acceptors (Lipinski definition) is 6. The van der Waals surface area contributed by atoms with E-state index in [1.807, 2.05) is 0 Å². The van der Waals surface area contributed by atoms with Gasteiger partial charge in [-0.25, -0.2) is 9.37 Å². The fraction of sp³-hybridized carbons (Fsp3) is 0.500. The Balaban J connectivity index is 1.48. The molecule has 3 aliphatic rings. The second kappa shape index (κ2) is 8.18. The van der Waals surface area contributed by atoms with Crippen LogP contribution >= 0.6 is 0 Å². The van der Waals surface area contributed by atoms with Gasteiger partial charge in [0.05, 0.1) is 25.5 Å². The summed E-state index contributed by atoms with van der Waals surface area (Å²) in [6, 6.07) is 5.89. The first-order chi connectivity index (χ1) is 14.7. The topological polar surface area (TPSA) is 61.8 Å². The van der Waals surface area contributed by atoms with Crippen molar-refractivity contribution < 1.29 is 13.9 Å². The first-order valence-corrected chi connectivity index (χ1v) is 10.7. The van der Waals surface area contributed by atoms with E-state index in [1.54, 1.807) is 17.0 Å². The molecule has 4 heterocycles. The van der Waals surface area contributed by atoms with Crippen LogP contribution in [0.5, 0.6) is 0 Å². The minimum atomic E-state index is -0.397. The lowest BCUT2D eigenvalue weighted by Gasteiger charge is -2.35. The van der Waals surface area contributed by atoms with Crippen molar-refractivity contribution >= 4 is 17.7 Å². The number of fused-ring (bicyclic) bond motifs is 1. The number of aromatic nitrogens is 2. The average Bonchev–Trinajstić information content (AvgIpc) is 3.33. The van der Waals surface area contributed by atoms with E-state index in [0.717, 1.165) is 49.2 Å². The van der Waals surface area contributed by atoms with Gasteiger partial charge in [-0.15, -0.1) is 0 Å². The summed E-state index contributed by atoms with van der Waals surface area (Å²) in [7, 11) is 0. The summed E-state index contributed by atoms with van der Waals surface area (Å²) in [5.41, 5.74) is 2.41. The van der Waals surface area contributed by atoms with Crippen molar-refractivity contribution in [1.82, 2.24) is 14.9 Å². The molecule has 7 nitrogen and oxygen atoms in total. The molecule has 30 heavy (non-hydrogen) atoms. The zero-order valence-electron chi connectivity index (χ0n) is 17.0. The Kier molecular flexibility index (Phi) is 5.25. The quantitative estimate of drug-likeness (QED) is 0.772. The van der Waals surface area contributed by atoms with Gasteiger partial charge in [0, 0.05) is 50.3 Å². The fourth-order valence-corrected chi connectivity index (χ4v) is 4.46. The van der Waals surface area contributed by atoms with E-state index < -0.39 is 5.82 Å². The monoisotopic (exact) mass is 411 g/mol. The number of benzene rings is 1. The van der Waals surface area contributed by atoms with Crippen LogP contribution in [0.25, 0.3) is 0 Å². The van der Waals surface area contributed by atoms with Crippen molar-refractivity contribution in [3.8, 4) is 0 Å². The molecule has 2 aromatic rings. The van der Waals surface area contributed by atoms with Gasteiger partial charge >= 0.3 is 0 Å². The maximum absolute atomic E-state index is 13.6. The van der Waals surface area contributed by atoms with Gasteiger partial charge in [-0.2, -0.15) is 4.98 Å². The highest BCUT2D eigenvalue weighted by Crippen LogP contribution is 2.31. The van der Waals surface area contributed by atoms with Gasteiger partial charge in [0.1, 0.15) is 11.6 Å². The SMILES string of the molecule is O=C(c1cccc(F)c1)N1CCc2nc(N3CCCC3)nc(N3CCOCC3)c2C1. The number of ether oxygens (including phenoxy) is 1. The number of hydrogen-bond donors (Lipinski definition) is 0. The highest BCUT2D eigenvalue weighted by molar-refractivity contribution is 5.94. The molecule has 0 aliphatic carbocycles. The van der Waals surface area contributed by atoms with Gasteiger partial charge < -0.3 is 19.4 Å². The molecule has 0 bridgehead atoms. The van der Waals surface area contributed by atoms with Gasteiger partial charge in [-0.3, -0.25) is 4.79 Å². The van der Waals surface area contributed by atoms with Crippen LogP contribution in [0.4, 0.5) is 16.2 Å². The van der Waals surface area contributed by atoms with Crippen molar-refractivity contribution in [1.29, 1.82) is 0 Å². The minimum absolute atomic E-state index is 0.156. The van der Waals surface area contributed by atoms with Crippen LogP contribution in [0, 0.1) is 5.82 Å². The van der Waals surface area contributed by atoms with E-state index in [0.29, 0.717) is 38.3 Å². The Labute approximate surface area is 175 Å². The Hall–Kier alpha value is -2.74. The first-order valence-electron chi connectivity index (χ1n) is 10.7. The molecule has 0 spiro atoms. The Bertz CT molecular complexity index is 941. The Morgan fingerprint density at radius 2 is 1.80 bits per heavy atom. The molecule has 8 heteroatoms. The van der Waals surface area contributed by atoms with E-state index in [-0.39, 0.29) is 5.91 Å². The third-order valence-corrected chi connectivity index (χ3v) is 6.08. The standard InChI is InChI=1S/C22H26FN5O2/c23-17-5-3-4-16(14-17)21(29)28-9-6-19-18(15-28)20(26-10-12-30-13-11-26)25-22(24-19)27-7-1-2-8-27/h3-5,14H,1-2,6-13,15H2. The van der Waals surface area contributed by atoms with Gasteiger partial charge in [0.2, 0.25) is 5.95 Å².